The number of ketones is 3. The minimum atomic E-state index is -1.79. The molecule has 0 aromatic rings. The van der Waals surface area contributed by atoms with Crippen molar-refractivity contribution in [2.75, 3.05) is 0 Å². The van der Waals surface area contributed by atoms with Gasteiger partial charge in [0.05, 0.1) is 0 Å². The van der Waals surface area contributed by atoms with Crippen LogP contribution in [-0.2, 0) is 47.1 Å². The molecule has 14 heavy (non-hydrogen) atoms. The van der Waals surface area contributed by atoms with Crippen molar-refractivity contribution in [3.63, 3.8) is 0 Å². The van der Waals surface area contributed by atoms with Crippen LogP contribution in [0.5, 0.6) is 0 Å². The molecule has 5 heteroatoms. The van der Waals surface area contributed by atoms with Crippen LogP contribution in [0.1, 0.15) is 33.6 Å². The van der Waals surface area contributed by atoms with Crippen molar-refractivity contribution in [1.82, 2.24) is 0 Å². The fourth-order valence-corrected chi connectivity index (χ4v) is 1.14. The summed E-state index contributed by atoms with van der Waals surface area (Å²) in [6.45, 7) is 3.72. The molecule has 4 nitrogen and oxygen atoms in total. The number of carbonyl (C=O) groups excluding carboxylic acids is 3. The molecule has 0 fully saturated rings. The maximum Gasteiger partial charge on any atom is 0.162 e. The van der Waals surface area contributed by atoms with E-state index in [2.05, 4.69) is 0 Å². The van der Waals surface area contributed by atoms with Gasteiger partial charge in [0, 0.05) is 45.6 Å². The van der Waals surface area contributed by atoms with Crippen LogP contribution < -0.4 is 0 Å². The Balaban J connectivity index is 0. The van der Waals surface area contributed by atoms with Gasteiger partial charge in [-0.2, -0.15) is 0 Å². The van der Waals surface area contributed by atoms with Gasteiger partial charge >= 0.3 is 0 Å². The van der Waals surface area contributed by atoms with Crippen molar-refractivity contribution >= 4 is 17.3 Å². The summed E-state index contributed by atoms with van der Waals surface area (Å²) >= 11 is 0. The molecule has 0 atom stereocenters. The molecule has 0 aliphatic rings. The zero-order valence-corrected chi connectivity index (χ0v) is 11.5. The number of aliphatic hydroxyl groups is 1. The summed E-state index contributed by atoms with van der Waals surface area (Å²) in [5.41, 5.74) is -1.79. The molecule has 0 spiro atoms. The van der Waals surface area contributed by atoms with Crippen molar-refractivity contribution < 1.29 is 52.2 Å². The molecule has 0 heterocycles. The molecule has 0 amide bonds. The van der Waals surface area contributed by atoms with Crippen LogP contribution in [0, 0.1) is 0 Å². The van der Waals surface area contributed by atoms with E-state index in [9.17, 15) is 19.5 Å². The summed E-state index contributed by atoms with van der Waals surface area (Å²) in [4.78, 5) is 32.4. The predicted molar refractivity (Wildman–Crippen MR) is 46.2 cm³/mol. The average Bonchev–Trinajstić information content (AvgIpc) is 1.82. The van der Waals surface area contributed by atoms with Gasteiger partial charge in [-0.05, 0) is 20.8 Å². The maximum absolute atomic E-state index is 11.0. The van der Waals surface area contributed by atoms with Gasteiger partial charge in [0.25, 0.3) is 0 Å². The fraction of sp³-hybridized carbons (Fsp3) is 0.667. The fourth-order valence-electron chi connectivity index (χ4n) is 1.14. The molecule has 0 rings (SSSR count). The van der Waals surface area contributed by atoms with Crippen molar-refractivity contribution in [1.29, 1.82) is 0 Å². The van der Waals surface area contributed by atoms with E-state index in [0.717, 1.165) is 0 Å². The van der Waals surface area contributed by atoms with Gasteiger partial charge in [-0.25, -0.2) is 0 Å². The van der Waals surface area contributed by atoms with E-state index in [0.29, 0.717) is 0 Å². The number of carbonyl (C=O) groups is 3. The second-order valence-electron chi connectivity index (χ2n) is 3.35. The molecule has 0 saturated carbocycles. The van der Waals surface area contributed by atoms with Gasteiger partial charge in [-0.15, -0.1) is 0 Å². The Bertz CT molecular complexity index is 231. The first kappa shape index (κ1) is 16.5. The number of Topliss-reactive ketones (excluding diaryl/α,β-unsaturated/α-hetero) is 3. The molecule has 0 aliphatic carbocycles. The molecule has 0 aromatic heterocycles. The minimum Gasteiger partial charge on any atom is -0.381 e. The Kier molecular flexibility index (Phi) is 7.71. The van der Waals surface area contributed by atoms with Crippen molar-refractivity contribution in [3.8, 4) is 0 Å². The van der Waals surface area contributed by atoms with Crippen LogP contribution >= 0.6 is 0 Å². The van der Waals surface area contributed by atoms with Crippen LogP contribution in [0.25, 0.3) is 0 Å². The van der Waals surface area contributed by atoms with Crippen LogP contribution in [0.4, 0.5) is 0 Å². The number of hydrogen-bond donors (Lipinski definition) is 1. The van der Waals surface area contributed by atoms with Gasteiger partial charge < -0.3 is 5.11 Å². The summed E-state index contributed by atoms with van der Waals surface area (Å²) in [6.07, 6.45) is -0.580. The Morgan fingerprint density at radius 2 is 1.29 bits per heavy atom. The van der Waals surface area contributed by atoms with Crippen molar-refractivity contribution in [2.45, 2.75) is 39.2 Å². The smallest absolute Gasteiger partial charge is 0.162 e. The third-order valence-corrected chi connectivity index (χ3v) is 1.74. The molecule has 1 radical (unpaired) electrons. The minimum absolute atomic E-state index is 0. The first-order chi connectivity index (χ1) is 5.78. The Morgan fingerprint density at radius 1 is 1.00 bits per heavy atom. The van der Waals surface area contributed by atoms with Crippen LogP contribution in [0.3, 0.4) is 0 Å². The van der Waals surface area contributed by atoms with Crippen LogP contribution in [-0.4, -0.2) is 28.1 Å². The van der Waals surface area contributed by atoms with Crippen LogP contribution in [0.2, 0.25) is 0 Å². The SMILES string of the molecule is CC(=O)CC(O)(CC(C)=O)C(C)=O.[Y]. The topological polar surface area (TPSA) is 71.4 Å². The normalized spacial score (nSPS) is 10.3. The van der Waals surface area contributed by atoms with Crippen molar-refractivity contribution in [3.05, 3.63) is 0 Å². The first-order valence-electron chi connectivity index (χ1n) is 4.00. The summed E-state index contributed by atoms with van der Waals surface area (Å²) in [6, 6.07) is 0. The van der Waals surface area contributed by atoms with Crippen molar-refractivity contribution in [2.24, 2.45) is 0 Å². The molecule has 1 N–H and O–H groups in total. The van der Waals surface area contributed by atoms with E-state index in [-0.39, 0.29) is 57.1 Å². The molecule has 0 aromatic carbocycles. The van der Waals surface area contributed by atoms with Crippen LogP contribution in [0.15, 0.2) is 0 Å². The monoisotopic (exact) mass is 275 g/mol. The number of rotatable bonds is 5. The van der Waals surface area contributed by atoms with Gasteiger partial charge in [0.2, 0.25) is 0 Å². The molecule has 0 unspecified atom stereocenters. The largest absolute Gasteiger partial charge is 0.381 e. The molecule has 0 bridgehead atoms. The third kappa shape index (κ3) is 5.73. The Hall–Kier alpha value is 0.0739. The summed E-state index contributed by atoms with van der Waals surface area (Å²) in [5.74, 6) is -1.16. The zero-order valence-electron chi connectivity index (χ0n) is 8.66. The maximum atomic E-state index is 11.0. The van der Waals surface area contributed by atoms with E-state index in [4.69, 9.17) is 0 Å². The molecular formula is C9H14O4Y. The molecule has 0 aliphatic heterocycles. The van der Waals surface area contributed by atoms with E-state index >= 15 is 0 Å². The second-order valence-corrected chi connectivity index (χ2v) is 3.35. The van der Waals surface area contributed by atoms with Gasteiger partial charge in [0.1, 0.15) is 17.2 Å². The first-order valence-corrected chi connectivity index (χ1v) is 4.00. The quantitative estimate of drug-likeness (QED) is 0.781. The average molecular weight is 275 g/mol. The van der Waals surface area contributed by atoms with E-state index in [1.54, 1.807) is 0 Å². The molecule has 77 valence electrons. The van der Waals surface area contributed by atoms with Gasteiger partial charge in [0.15, 0.2) is 5.78 Å². The molecular weight excluding hydrogens is 261 g/mol. The number of hydrogen-bond acceptors (Lipinski definition) is 4. The van der Waals surface area contributed by atoms with Gasteiger partial charge in [-0.3, -0.25) is 14.4 Å². The molecule has 0 saturated heterocycles. The standard InChI is InChI=1S/C9H14O4.Y/c1-6(10)4-9(13,8(3)12)5-7(2)11;/h13H,4-5H2,1-3H3;. The van der Waals surface area contributed by atoms with E-state index in [1.807, 2.05) is 0 Å². The van der Waals surface area contributed by atoms with Gasteiger partial charge in [-0.1, -0.05) is 0 Å². The third-order valence-electron chi connectivity index (χ3n) is 1.74. The Labute approximate surface area is 108 Å². The van der Waals surface area contributed by atoms with E-state index < -0.39 is 11.4 Å². The summed E-state index contributed by atoms with van der Waals surface area (Å²) in [5, 5.41) is 9.64. The van der Waals surface area contributed by atoms with E-state index in [1.165, 1.54) is 20.8 Å². The summed E-state index contributed by atoms with van der Waals surface area (Å²) in [7, 11) is 0. The zero-order chi connectivity index (χ0) is 10.6. The second kappa shape index (κ2) is 6.54. The predicted octanol–water partition coefficient (Wildman–Crippen LogP) is 0.262. The summed E-state index contributed by atoms with van der Waals surface area (Å²) < 4.78 is 0. The Morgan fingerprint density at radius 3 is 1.43 bits per heavy atom.